The Hall–Kier alpha value is -3.01. The minimum Gasteiger partial charge on any atom is -0.453 e. The van der Waals surface area contributed by atoms with E-state index in [0.717, 1.165) is 21.9 Å². The molecule has 2 aromatic heterocycles. The Labute approximate surface area is 132 Å². The van der Waals surface area contributed by atoms with Gasteiger partial charge in [0.05, 0.1) is 17.1 Å². The maximum absolute atomic E-state index is 12.0. The van der Waals surface area contributed by atoms with Gasteiger partial charge in [0, 0.05) is 10.9 Å². The average Bonchev–Trinajstić information content (AvgIpc) is 2.93. The summed E-state index contributed by atoms with van der Waals surface area (Å²) < 4.78 is 6.06. The fourth-order valence-electron chi connectivity index (χ4n) is 2.90. The van der Waals surface area contributed by atoms with E-state index in [4.69, 9.17) is 4.42 Å². The molecule has 0 aliphatic heterocycles. The Kier molecular flexibility index (Phi) is 2.98. The van der Waals surface area contributed by atoms with E-state index in [1.54, 1.807) is 13.1 Å². The summed E-state index contributed by atoms with van der Waals surface area (Å²) in [7, 11) is 0. The largest absolute Gasteiger partial charge is 0.453 e. The molecule has 112 valence electrons. The molecule has 0 bridgehead atoms. The zero-order chi connectivity index (χ0) is 16.0. The van der Waals surface area contributed by atoms with Gasteiger partial charge in [-0.25, -0.2) is 0 Å². The predicted octanol–water partition coefficient (Wildman–Crippen LogP) is 4.55. The van der Waals surface area contributed by atoms with Gasteiger partial charge in [-0.15, -0.1) is 5.10 Å². The summed E-state index contributed by atoms with van der Waals surface area (Å²) in [6, 6.07) is 13.7. The van der Waals surface area contributed by atoms with Crippen LogP contribution in [-0.4, -0.2) is 16.0 Å². The van der Waals surface area contributed by atoms with Crippen molar-refractivity contribution in [3.05, 3.63) is 59.8 Å². The highest BCUT2D eigenvalue weighted by atomic mass is 16.3. The van der Waals surface area contributed by atoms with Crippen LogP contribution in [0.4, 0.5) is 0 Å². The number of aryl methyl sites for hydroxylation is 1. The van der Waals surface area contributed by atoms with Gasteiger partial charge in [-0.2, -0.15) is 5.10 Å². The molecule has 0 N–H and O–H groups in total. The lowest BCUT2D eigenvalue weighted by Gasteiger charge is -1.99. The van der Waals surface area contributed by atoms with Gasteiger partial charge >= 0.3 is 0 Å². The fraction of sp³-hybridized carbons (Fsp3) is 0.105. The van der Waals surface area contributed by atoms with E-state index < -0.39 is 0 Å². The third-order valence-corrected chi connectivity index (χ3v) is 3.96. The lowest BCUT2D eigenvalue weighted by Crippen LogP contribution is -1.93. The number of carbonyl (C=O) groups is 1. The van der Waals surface area contributed by atoms with Gasteiger partial charge in [-0.3, -0.25) is 4.79 Å². The van der Waals surface area contributed by atoms with Gasteiger partial charge in [0.1, 0.15) is 11.3 Å². The molecule has 4 rings (SSSR count). The molecule has 0 aliphatic carbocycles. The first-order valence-electron chi connectivity index (χ1n) is 7.40. The molecule has 0 amide bonds. The number of furan rings is 1. The number of Topliss-reactive ketones (excluding diaryl/α,β-unsaturated/α-hetero) is 1. The number of carbonyl (C=O) groups excluding carboxylic acids is 1. The molecule has 0 saturated heterocycles. The van der Waals surface area contributed by atoms with E-state index in [1.165, 1.54) is 0 Å². The summed E-state index contributed by atoms with van der Waals surface area (Å²) in [6.07, 6.45) is 1.69. The van der Waals surface area contributed by atoms with Gasteiger partial charge in [0.2, 0.25) is 0 Å². The summed E-state index contributed by atoms with van der Waals surface area (Å²) in [4.78, 5) is 12.0. The van der Waals surface area contributed by atoms with E-state index in [2.05, 4.69) is 10.2 Å². The molecule has 2 heterocycles. The SMILES string of the molecule is CC(=O)c1cc(C)cc2c1oc1c(-c3ccccc3)nncc12. The van der Waals surface area contributed by atoms with Crippen molar-refractivity contribution in [2.45, 2.75) is 13.8 Å². The monoisotopic (exact) mass is 302 g/mol. The molecule has 2 aromatic carbocycles. The van der Waals surface area contributed by atoms with Crippen LogP contribution in [0, 0.1) is 6.92 Å². The van der Waals surface area contributed by atoms with Crippen molar-refractivity contribution in [3.8, 4) is 11.3 Å². The molecule has 0 saturated carbocycles. The van der Waals surface area contributed by atoms with Crippen LogP contribution in [0.3, 0.4) is 0 Å². The molecular weight excluding hydrogens is 288 g/mol. The Morgan fingerprint density at radius 1 is 1.04 bits per heavy atom. The first-order valence-corrected chi connectivity index (χ1v) is 7.40. The predicted molar refractivity (Wildman–Crippen MR) is 89.5 cm³/mol. The molecule has 0 fully saturated rings. The second kappa shape index (κ2) is 5.02. The summed E-state index contributed by atoms with van der Waals surface area (Å²) in [5.41, 5.74) is 4.50. The zero-order valence-electron chi connectivity index (χ0n) is 12.8. The number of nitrogens with zero attached hydrogens (tertiary/aromatic N) is 2. The molecule has 0 unspecified atom stereocenters. The first kappa shape index (κ1) is 13.6. The lowest BCUT2D eigenvalue weighted by molar-refractivity contribution is 0.101. The van der Waals surface area contributed by atoms with Gasteiger partial charge < -0.3 is 4.42 Å². The number of benzene rings is 2. The number of aromatic nitrogens is 2. The third-order valence-electron chi connectivity index (χ3n) is 3.96. The molecule has 4 heteroatoms. The summed E-state index contributed by atoms with van der Waals surface area (Å²) in [6.45, 7) is 3.52. The highest BCUT2D eigenvalue weighted by Crippen LogP contribution is 2.35. The fourth-order valence-corrected chi connectivity index (χ4v) is 2.90. The van der Waals surface area contributed by atoms with Crippen molar-refractivity contribution in [1.29, 1.82) is 0 Å². The van der Waals surface area contributed by atoms with Crippen molar-refractivity contribution >= 4 is 27.7 Å². The van der Waals surface area contributed by atoms with E-state index in [1.807, 2.05) is 49.4 Å². The number of hydrogen-bond donors (Lipinski definition) is 0. The van der Waals surface area contributed by atoms with Gasteiger partial charge in [-0.1, -0.05) is 30.3 Å². The molecule has 4 nitrogen and oxygen atoms in total. The normalized spacial score (nSPS) is 11.2. The first-order chi connectivity index (χ1) is 11.1. The maximum atomic E-state index is 12.0. The minimum absolute atomic E-state index is 0.0139. The molecule has 0 spiro atoms. The van der Waals surface area contributed by atoms with Crippen LogP contribution in [0.5, 0.6) is 0 Å². The van der Waals surface area contributed by atoms with Crippen LogP contribution in [0.1, 0.15) is 22.8 Å². The van der Waals surface area contributed by atoms with Crippen molar-refractivity contribution < 1.29 is 9.21 Å². The van der Waals surface area contributed by atoms with Crippen LogP contribution in [0.15, 0.2) is 53.1 Å². The van der Waals surface area contributed by atoms with Crippen LogP contribution in [0.2, 0.25) is 0 Å². The van der Waals surface area contributed by atoms with Gasteiger partial charge in [0.15, 0.2) is 11.4 Å². The minimum atomic E-state index is -0.0139. The second-order valence-corrected chi connectivity index (χ2v) is 5.65. The maximum Gasteiger partial charge on any atom is 0.165 e. The Morgan fingerprint density at radius 2 is 1.83 bits per heavy atom. The molecular formula is C19H14N2O2. The van der Waals surface area contributed by atoms with Crippen molar-refractivity contribution in [1.82, 2.24) is 10.2 Å². The Balaban J connectivity index is 2.14. The average molecular weight is 302 g/mol. The topological polar surface area (TPSA) is 56.0 Å². The quantitative estimate of drug-likeness (QED) is 0.510. The number of rotatable bonds is 2. The van der Waals surface area contributed by atoms with E-state index in [9.17, 15) is 4.79 Å². The summed E-state index contributed by atoms with van der Waals surface area (Å²) in [5, 5.41) is 10.1. The second-order valence-electron chi connectivity index (χ2n) is 5.65. The van der Waals surface area contributed by atoms with Crippen molar-refractivity contribution in [2.75, 3.05) is 0 Å². The van der Waals surface area contributed by atoms with Crippen molar-refractivity contribution in [3.63, 3.8) is 0 Å². The third kappa shape index (κ3) is 2.11. The highest BCUT2D eigenvalue weighted by molar-refractivity contribution is 6.15. The molecule has 0 radical (unpaired) electrons. The summed E-state index contributed by atoms with van der Waals surface area (Å²) >= 11 is 0. The smallest absolute Gasteiger partial charge is 0.165 e. The number of fused-ring (bicyclic) bond motifs is 3. The van der Waals surface area contributed by atoms with Crippen LogP contribution in [0.25, 0.3) is 33.2 Å². The molecule has 0 atom stereocenters. The number of ketones is 1. The van der Waals surface area contributed by atoms with Gasteiger partial charge in [0.25, 0.3) is 0 Å². The Bertz CT molecular complexity index is 1050. The zero-order valence-corrected chi connectivity index (χ0v) is 12.8. The van der Waals surface area contributed by atoms with Crippen molar-refractivity contribution in [2.24, 2.45) is 0 Å². The van der Waals surface area contributed by atoms with E-state index in [-0.39, 0.29) is 5.78 Å². The summed E-state index contributed by atoms with van der Waals surface area (Å²) in [5.74, 6) is -0.0139. The van der Waals surface area contributed by atoms with Crippen LogP contribution < -0.4 is 0 Å². The van der Waals surface area contributed by atoms with E-state index >= 15 is 0 Å². The van der Waals surface area contributed by atoms with Gasteiger partial charge in [-0.05, 0) is 31.5 Å². The number of hydrogen-bond acceptors (Lipinski definition) is 4. The standard InChI is InChI=1S/C19H14N2O2/c1-11-8-14(12(2)22)18-15(9-11)16-10-20-21-17(19(16)23-18)13-6-4-3-5-7-13/h3-10H,1-2H3. The Morgan fingerprint density at radius 3 is 2.57 bits per heavy atom. The molecule has 0 aliphatic rings. The van der Waals surface area contributed by atoms with Crippen LogP contribution in [-0.2, 0) is 0 Å². The highest BCUT2D eigenvalue weighted by Gasteiger charge is 2.18. The molecule has 4 aromatic rings. The van der Waals surface area contributed by atoms with E-state index in [0.29, 0.717) is 22.4 Å². The molecule has 23 heavy (non-hydrogen) atoms. The lowest BCUT2D eigenvalue weighted by atomic mass is 10.0. The van der Waals surface area contributed by atoms with Crippen LogP contribution >= 0.6 is 0 Å².